The molecule has 0 bridgehead atoms. The van der Waals surface area contributed by atoms with E-state index in [9.17, 15) is 8.42 Å². The Kier molecular flexibility index (Phi) is 12.7. The fourth-order valence-corrected chi connectivity index (χ4v) is 2.29. The van der Waals surface area contributed by atoms with Crippen LogP contribution in [0.3, 0.4) is 0 Å². The summed E-state index contributed by atoms with van der Waals surface area (Å²) in [5.74, 6) is 1.42. The second kappa shape index (κ2) is 11.5. The molecule has 0 fully saturated rings. The van der Waals surface area contributed by atoms with Crippen molar-refractivity contribution in [2.75, 3.05) is 32.9 Å². The number of guanidine groups is 1. The van der Waals surface area contributed by atoms with Crippen molar-refractivity contribution in [2.24, 2.45) is 10.9 Å². The molecule has 1 atom stereocenters. The molecular weight excluding hydrogens is 403 g/mol. The van der Waals surface area contributed by atoms with Gasteiger partial charge in [-0.2, -0.15) is 0 Å². The number of halogens is 1. The maximum atomic E-state index is 11.6. The Labute approximate surface area is 147 Å². The molecule has 128 valence electrons. The monoisotopic (exact) mass is 434 g/mol. The molecule has 0 aromatic heterocycles. The van der Waals surface area contributed by atoms with E-state index in [1.165, 1.54) is 4.31 Å². The molecule has 0 aliphatic carbocycles. The van der Waals surface area contributed by atoms with Crippen molar-refractivity contribution in [3.8, 4) is 0 Å². The lowest BCUT2D eigenvalue weighted by atomic mass is 10.1. The zero-order valence-corrected chi connectivity index (χ0v) is 17.2. The number of hydrogen-bond donors (Lipinski definition) is 2. The van der Waals surface area contributed by atoms with Crippen molar-refractivity contribution < 1.29 is 8.42 Å². The standard InChI is InChI=1S/C13H30N4O2S.HI/c1-7-20(18,19)17(6)10-8-9-15-13(14-5)16-12(4)11(2)3;/h11-12H,7-10H2,1-6H3,(H2,14,15,16);1H. The molecule has 6 nitrogen and oxygen atoms in total. The minimum absolute atomic E-state index is 0. The van der Waals surface area contributed by atoms with Crippen LogP contribution in [0, 0.1) is 5.92 Å². The summed E-state index contributed by atoms with van der Waals surface area (Å²) in [7, 11) is 0.275. The van der Waals surface area contributed by atoms with Gasteiger partial charge in [-0.15, -0.1) is 24.0 Å². The van der Waals surface area contributed by atoms with Crippen molar-refractivity contribution in [1.29, 1.82) is 0 Å². The van der Waals surface area contributed by atoms with E-state index in [0.717, 1.165) is 12.4 Å². The van der Waals surface area contributed by atoms with Gasteiger partial charge in [0.25, 0.3) is 0 Å². The van der Waals surface area contributed by atoms with Crippen LogP contribution in [0.5, 0.6) is 0 Å². The number of rotatable bonds is 8. The SMILES string of the molecule is CCS(=O)(=O)N(C)CCCNC(=NC)NC(C)C(C)C.I. The highest BCUT2D eigenvalue weighted by molar-refractivity contribution is 14.0. The van der Waals surface area contributed by atoms with Gasteiger partial charge in [0.05, 0.1) is 5.75 Å². The zero-order valence-electron chi connectivity index (χ0n) is 14.0. The fraction of sp³-hybridized carbons (Fsp3) is 0.923. The van der Waals surface area contributed by atoms with Gasteiger partial charge in [0, 0.05) is 33.2 Å². The van der Waals surface area contributed by atoms with Crippen LogP contribution in [0.2, 0.25) is 0 Å². The van der Waals surface area contributed by atoms with Crippen LogP contribution in [0.15, 0.2) is 4.99 Å². The Morgan fingerprint density at radius 3 is 2.29 bits per heavy atom. The molecule has 0 aliphatic heterocycles. The Bertz CT molecular complexity index is 399. The van der Waals surface area contributed by atoms with Crippen LogP contribution in [-0.4, -0.2) is 57.7 Å². The van der Waals surface area contributed by atoms with E-state index in [4.69, 9.17) is 0 Å². The molecule has 8 heteroatoms. The van der Waals surface area contributed by atoms with Crippen molar-refractivity contribution in [3.63, 3.8) is 0 Å². The summed E-state index contributed by atoms with van der Waals surface area (Å²) in [6.07, 6.45) is 0.743. The lowest BCUT2D eigenvalue weighted by molar-refractivity contribution is 0.458. The topological polar surface area (TPSA) is 73.8 Å². The zero-order chi connectivity index (χ0) is 15.8. The molecule has 0 radical (unpaired) electrons. The molecule has 0 heterocycles. The lowest BCUT2D eigenvalue weighted by Crippen LogP contribution is -2.44. The summed E-state index contributed by atoms with van der Waals surface area (Å²) >= 11 is 0. The van der Waals surface area contributed by atoms with Crippen LogP contribution in [0.25, 0.3) is 0 Å². The molecule has 0 saturated carbocycles. The van der Waals surface area contributed by atoms with Crippen LogP contribution in [0.1, 0.15) is 34.1 Å². The molecule has 0 spiro atoms. The number of sulfonamides is 1. The second-order valence-electron chi connectivity index (χ2n) is 5.25. The quantitative estimate of drug-likeness (QED) is 0.263. The fourth-order valence-electron chi connectivity index (χ4n) is 1.44. The van der Waals surface area contributed by atoms with Gasteiger partial charge in [0.2, 0.25) is 10.0 Å². The summed E-state index contributed by atoms with van der Waals surface area (Å²) in [5.41, 5.74) is 0. The van der Waals surface area contributed by atoms with Gasteiger partial charge in [-0.05, 0) is 26.2 Å². The van der Waals surface area contributed by atoms with Gasteiger partial charge in [-0.1, -0.05) is 13.8 Å². The number of hydrogen-bond acceptors (Lipinski definition) is 3. The van der Waals surface area contributed by atoms with Crippen LogP contribution >= 0.6 is 24.0 Å². The molecule has 0 amide bonds. The van der Waals surface area contributed by atoms with Gasteiger partial charge in [0.15, 0.2) is 5.96 Å². The molecular formula is C13H31IN4O2S. The Balaban J connectivity index is 0. The Morgan fingerprint density at radius 2 is 1.86 bits per heavy atom. The largest absolute Gasteiger partial charge is 0.356 e. The van der Waals surface area contributed by atoms with Gasteiger partial charge in [-0.3, -0.25) is 4.99 Å². The summed E-state index contributed by atoms with van der Waals surface area (Å²) in [5, 5.41) is 6.50. The summed E-state index contributed by atoms with van der Waals surface area (Å²) in [6.45, 7) is 9.27. The normalized spacial score (nSPS) is 14.0. The molecule has 0 aliphatic rings. The second-order valence-corrected chi connectivity index (χ2v) is 7.62. The lowest BCUT2D eigenvalue weighted by Gasteiger charge is -2.21. The Hall–Kier alpha value is -0.0900. The van der Waals surface area contributed by atoms with E-state index in [0.29, 0.717) is 25.0 Å². The number of aliphatic imine (C=N–C) groups is 1. The molecule has 0 saturated heterocycles. The van der Waals surface area contributed by atoms with E-state index in [1.807, 2.05) is 0 Å². The van der Waals surface area contributed by atoms with Crippen LogP contribution in [-0.2, 0) is 10.0 Å². The van der Waals surface area contributed by atoms with Crippen LogP contribution in [0.4, 0.5) is 0 Å². The van der Waals surface area contributed by atoms with Crippen molar-refractivity contribution in [2.45, 2.75) is 40.2 Å². The predicted octanol–water partition coefficient (Wildman–Crippen LogP) is 1.49. The molecule has 1 unspecified atom stereocenters. The van der Waals surface area contributed by atoms with E-state index in [-0.39, 0.29) is 29.7 Å². The molecule has 0 aromatic rings. The minimum Gasteiger partial charge on any atom is -0.356 e. The van der Waals surface area contributed by atoms with E-state index < -0.39 is 10.0 Å². The first kappa shape index (κ1) is 23.2. The summed E-state index contributed by atoms with van der Waals surface area (Å²) < 4.78 is 24.6. The van der Waals surface area contributed by atoms with Gasteiger partial charge in [0.1, 0.15) is 0 Å². The van der Waals surface area contributed by atoms with Gasteiger partial charge < -0.3 is 10.6 Å². The smallest absolute Gasteiger partial charge is 0.213 e. The maximum Gasteiger partial charge on any atom is 0.213 e. The highest BCUT2D eigenvalue weighted by Crippen LogP contribution is 2.00. The minimum atomic E-state index is -3.08. The van der Waals surface area contributed by atoms with Crippen molar-refractivity contribution in [1.82, 2.24) is 14.9 Å². The first-order chi connectivity index (χ1) is 9.24. The van der Waals surface area contributed by atoms with E-state index in [2.05, 4.69) is 36.4 Å². The molecule has 0 aromatic carbocycles. The summed E-state index contributed by atoms with van der Waals surface area (Å²) in [4.78, 5) is 4.15. The maximum absolute atomic E-state index is 11.6. The van der Waals surface area contributed by atoms with E-state index >= 15 is 0 Å². The number of nitrogens with zero attached hydrogens (tertiary/aromatic N) is 2. The highest BCUT2D eigenvalue weighted by atomic mass is 127. The van der Waals surface area contributed by atoms with Crippen molar-refractivity contribution in [3.05, 3.63) is 0 Å². The third kappa shape index (κ3) is 9.51. The van der Waals surface area contributed by atoms with Crippen molar-refractivity contribution >= 4 is 40.0 Å². The highest BCUT2D eigenvalue weighted by Gasteiger charge is 2.14. The Morgan fingerprint density at radius 1 is 1.29 bits per heavy atom. The average Bonchev–Trinajstić information content (AvgIpc) is 2.41. The summed E-state index contributed by atoms with van der Waals surface area (Å²) in [6, 6.07) is 0.337. The third-order valence-corrected chi connectivity index (χ3v) is 5.23. The first-order valence-electron chi connectivity index (χ1n) is 7.15. The van der Waals surface area contributed by atoms with Crippen LogP contribution < -0.4 is 10.6 Å². The van der Waals surface area contributed by atoms with Gasteiger partial charge in [-0.25, -0.2) is 12.7 Å². The number of nitrogens with one attached hydrogen (secondary N) is 2. The first-order valence-corrected chi connectivity index (χ1v) is 8.76. The molecule has 0 rings (SSSR count). The molecule has 2 N–H and O–H groups in total. The van der Waals surface area contributed by atoms with Gasteiger partial charge >= 0.3 is 0 Å². The van der Waals surface area contributed by atoms with E-state index in [1.54, 1.807) is 21.0 Å². The third-order valence-electron chi connectivity index (χ3n) is 3.37. The molecule has 21 heavy (non-hydrogen) atoms. The predicted molar refractivity (Wildman–Crippen MR) is 101 cm³/mol. The average molecular weight is 434 g/mol.